The molecule has 16 heavy (non-hydrogen) atoms. The molecule has 1 aliphatic carbocycles. The van der Waals surface area contributed by atoms with Gasteiger partial charge in [-0.05, 0) is 42.6 Å². The van der Waals surface area contributed by atoms with Crippen LogP contribution in [0.1, 0.15) is 23.6 Å². The number of benzene rings is 1. The van der Waals surface area contributed by atoms with Crippen LogP contribution in [0.2, 0.25) is 0 Å². The van der Waals surface area contributed by atoms with Crippen molar-refractivity contribution in [1.29, 1.82) is 0 Å². The molecule has 0 spiro atoms. The first-order chi connectivity index (χ1) is 7.84. The summed E-state index contributed by atoms with van der Waals surface area (Å²) >= 11 is 5.21. The first kappa shape index (κ1) is 9.78. The fourth-order valence-corrected chi connectivity index (χ4v) is 2.66. The van der Waals surface area contributed by atoms with Gasteiger partial charge in [0, 0.05) is 0 Å². The molecule has 1 N–H and O–H groups in total. The Hall–Kier alpha value is -1.42. The van der Waals surface area contributed by atoms with Gasteiger partial charge in [0.15, 0.2) is 4.77 Å². The maximum atomic E-state index is 5.21. The van der Waals surface area contributed by atoms with Gasteiger partial charge >= 0.3 is 0 Å². The number of hydrogen-bond donors (Lipinski definition) is 1. The molecule has 1 heterocycles. The van der Waals surface area contributed by atoms with E-state index in [0.29, 0.717) is 6.04 Å². The molecule has 0 fully saturated rings. The molecule has 1 unspecified atom stereocenters. The monoisotopic (exact) mass is 231 g/mol. The summed E-state index contributed by atoms with van der Waals surface area (Å²) in [6.07, 6.45) is 4.95. The highest BCUT2D eigenvalue weighted by atomic mass is 32.1. The van der Waals surface area contributed by atoms with Crippen molar-refractivity contribution < 1.29 is 0 Å². The van der Waals surface area contributed by atoms with Crippen LogP contribution in [0.3, 0.4) is 0 Å². The van der Waals surface area contributed by atoms with Crippen LogP contribution in [-0.4, -0.2) is 14.8 Å². The summed E-state index contributed by atoms with van der Waals surface area (Å²) in [4.78, 5) is 2.96. The minimum Gasteiger partial charge on any atom is -0.320 e. The SMILES string of the molecule is S=c1[nH]cnn1C1CCc2ccccc2C1. The Morgan fingerprint density at radius 1 is 1.31 bits per heavy atom. The van der Waals surface area contributed by atoms with Crippen LogP contribution in [0.25, 0.3) is 0 Å². The van der Waals surface area contributed by atoms with Crippen LogP contribution in [0.15, 0.2) is 30.6 Å². The third-order valence-corrected chi connectivity index (χ3v) is 3.55. The number of H-pyrrole nitrogens is 1. The predicted octanol–water partition coefficient (Wildman–Crippen LogP) is 2.67. The smallest absolute Gasteiger partial charge is 0.195 e. The average Bonchev–Trinajstić information content (AvgIpc) is 2.75. The van der Waals surface area contributed by atoms with Crippen molar-refractivity contribution in [1.82, 2.24) is 14.8 Å². The summed E-state index contributed by atoms with van der Waals surface area (Å²) in [5.74, 6) is 0. The van der Waals surface area contributed by atoms with Crippen molar-refractivity contribution in [2.45, 2.75) is 25.3 Å². The van der Waals surface area contributed by atoms with E-state index in [9.17, 15) is 0 Å². The third-order valence-electron chi connectivity index (χ3n) is 3.24. The fraction of sp³-hybridized carbons (Fsp3) is 0.333. The lowest BCUT2D eigenvalue weighted by Crippen LogP contribution is -2.19. The van der Waals surface area contributed by atoms with Crippen LogP contribution < -0.4 is 0 Å². The Bertz CT molecular complexity index is 555. The largest absolute Gasteiger partial charge is 0.320 e. The molecule has 0 saturated heterocycles. The van der Waals surface area contributed by atoms with Crippen molar-refractivity contribution in [3.8, 4) is 0 Å². The van der Waals surface area contributed by atoms with Gasteiger partial charge in [0.25, 0.3) is 0 Å². The highest BCUT2D eigenvalue weighted by molar-refractivity contribution is 7.71. The molecule has 1 aromatic heterocycles. The first-order valence-corrected chi connectivity index (χ1v) is 5.94. The zero-order chi connectivity index (χ0) is 11.0. The van der Waals surface area contributed by atoms with Crippen LogP contribution in [0.4, 0.5) is 0 Å². The lowest BCUT2D eigenvalue weighted by molar-refractivity contribution is 0.400. The number of fused-ring (bicyclic) bond motifs is 1. The normalized spacial score (nSPS) is 19.4. The molecule has 1 aliphatic rings. The molecule has 0 radical (unpaired) electrons. The Balaban J connectivity index is 1.94. The first-order valence-electron chi connectivity index (χ1n) is 5.53. The maximum Gasteiger partial charge on any atom is 0.195 e. The molecule has 4 heteroatoms. The van der Waals surface area contributed by atoms with E-state index >= 15 is 0 Å². The fourth-order valence-electron chi connectivity index (χ4n) is 2.41. The van der Waals surface area contributed by atoms with Gasteiger partial charge in [-0.2, -0.15) is 5.10 Å². The van der Waals surface area contributed by atoms with E-state index in [1.165, 1.54) is 11.1 Å². The molecule has 3 rings (SSSR count). The minimum absolute atomic E-state index is 0.411. The highest BCUT2D eigenvalue weighted by Crippen LogP contribution is 2.28. The number of hydrogen-bond acceptors (Lipinski definition) is 2. The quantitative estimate of drug-likeness (QED) is 0.765. The predicted molar refractivity (Wildman–Crippen MR) is 64.9 cm³/mol. The Morgan fingerprint density at radius 2 is 2.12 bits per heavy atom. The summed E-state index contributed by atoms with van der Waals surface area (Å²) in [6.45, 7) is 0. The second-order valence-corrected chi connectivity index (χ2v) is 4.59. The summed E-state index contributed by atoms with van der Waals surface area (Å²) in [6, 6.07) is 9.05. The summed E-state index contributed by atoms with van der Waals surface area (Å²) in [5.41, 5.74) is 2.91. The lowest BCUT2D eigenvalue weighted by Gasteiger charge is -2.24. The Kier molecular flexibility index (Phi) is 2.36. The molecule has 0 saturated carbocycles. The summed E-state index contributed by atoms with van der Waals surface area (Å²) < 4.78 is 2.66. The molecule has 0 bridgehead atoms. The van der Waals surface area contributed by atoms with E-state index < -0.39 is 0 Å². The molecule has 1 aromatic carbocycles. The van der Waals surface area contributed by atoms with Crippen LogP contribution in [0, 0.1) is 4.77 Å². The zero-order valence-electron chi connectivity index (χ0n) is 8.89. The van der Waals surface area contributed by atoms with E-state index in [2.05, 4.69) is 34.3 Å². The number of nitrogens with zero attached hydrogens (tertiary/aromatic N) is 2. The summed E-state index contributed by atoms with van der Waals surface area (Å²) in [7, 11) is 0. The van der Waals surface area contributed by atoms with Crippen molar-refractivity contribution in [3.05, 3.63) is 46.5 Å². The van der Waals surface area contributed by atoms with Gasteiger partial charge in [-0.15, -0.1) is 0 Å². The number of aromatic amines is 1. The molecular formula is C12H13N3S. The standard InChI is InChI=1S/C12H13N3S/c16-12-13-8-14-15(12)11-6-5-9-3-1-2-4-10(9)7-11/h1-4,8,11H,5-7H2,(H,13,14,16). The van der Waals surface area contributed by atoms with E-state index in [0.717, 1.165) is 24.0 Å². The van der Waals surface area contributed by atoms with Gasteiger partial charge in [0.1, 0.15) is 6.33 Å². The van der Waals surface area contributed by atoms with Crippen molar-refractivity contribution in [2.24, 2.45) is 0 Å². The van der Waals surface area contributed by atoms with Crippen LogP contribution in [0.5, 0.6) is 0 Å². The van der Waals surface area contributed by atoms with E-state index in [-0.39, 0.29) is 0 Å². The van der Waals surface area contributed by atoms with Gasteiger partial charge < -0.3 is 4.98 Å². The van der Waals surface area contributed by atoms with Gasteiger partial charge in [0.05, 0.1) is 6.04 Å². The topological polar surface area (TPSA) is 33.6 Å². The molecule has 2 aromatic rings. The second kappa shape index (κ2) is 3.87. The zero-order valence-corrected chi connectivity index (χ0v) is 9.70. The van der Waals surface area contributed by atoms with Crippen molar-refractivity contribution in [2.75, 3.05) is 0 Å². The van der Waals surface area contributed by atoms with E-state index in [4.69, 9.17) is 12.2 Å². The molecular weight excluding hydrogens is 218 g/mol. The maximum absolute atomic E-state index is 5.21. The Labute approximate surface area is 99.1 Å². The van der Waals surface area contributed by atoms with E-state index in [1.807, 2.05) is 4.68 Å². The van der Waals surface area contributed by atoms with Crippen LogP contribution in [-0.2, 0) is 12.8 Å². The average molecular weight is 231 g/mol. The molecule has 0 aliphatic heterocycles. The highest BCUT2D eigenvalue weighted by Gasteiger charge is 2.20. The van der Waals surface area contributed by atoms with Gasteiger partial charge in [0.2, 0.25) is 0 Å². The van der Waals surface area contributed by atoms with Gasteiger partial charge in [-0.1, -0.05) is 24.3 Å². The molecule has 1 atom stereocenters. The Morgan fingerprint density at radius 3 is 2.88 bits per heavy atom. The van der Waals surface area contributed by atoms with Crippen molar-refractivity contribution >= 4 is 12.2 Å². The third kappa shape index (κ3) is 1.59. The minimum atomic E-state index is 0.411. The lowest BCUT2D eigenvalue weighted by atomic mass is 9.88. The number of nitrogens with one attached hydrogen (secondary N) is 1. The molecule has 0 amide bonds. The summed E-state index contributed by atoms with van der Waals surface area (Å²) in [5, 5.41) is 4.27. The van der Waals surface area contributed by atoms with Crippen molar-refractivity contribution in [3.63, 3.8) is 0 Å². The second-order valence-electron chi connectivity index (χ2n) is 4.20. The number of rotatable bonds is 1. The molecule has 3 nitrogen and oxygen atoms in total. The van der Waals surface area contributed by atoms with Gasteiger partial charge in [-0.3, -0.25) is 0 Å². The van der Waals surface area contributed by atoms with Gasteiger partial charge in [-0.25, -0.2) is 4.68 Å². The number of aryl methyl sites for hydroxylation is 1. The van der Waals surface area contributed by atoms with Crippen LogP contribution >= 0.6 is 12.2 Å². The number of aromatic nitrogens is 3. The molecule has 82 valence electrons. The van der Waals surface area contributed by atoms with E-state index in [1.54, 1.807) is 6.33 Å².